The van der Waals surface area contributed by atoms with Gasteiger partial charge in [0.1, 0.15) is 13.0 Å². The summed E-state index contributed by atoms with van der Waals surface area (Å²) in [5.74, 6) is 1.07. The highest BCUT2D eigenvalue weighted by Gasteiger charge is 2.72. The molecule has 0 radical (unpaired) electrons. The molecule has 7 rings (SSSR count). The number of anilines is 1. The van der Waals surface area contributed by atoms with E-state index in [1.165, 1.54) is 5.57 Å². The number of aliphatic carboxylic acids is 1. The molecule has 12 atom stereocenters. The number of aromatic nitrogens is 3. The van der Waals surface area contributed by atoms with Crippen LogP contribution < -0.4 is 10.6 Å². The summed E-state index contributed by atoms with van der Waals surface area (Å²) < 4.78 is 16.1. The van der Waals surface area contributed by atoms with Crippen molar-refractivity contribution in [1.82, 2.24) is 14.8 Å². The summed E-state index contributed by atoms with van der Waals surface area (Å²) >= 11 is 0. The van der Waals surface area contributed by atoms with E-state index in [-0.39, 0.29) is 50.6 Å². The second-order valence-corrected chi connectivity index (χ2v) is 20.8. The van der Waals surface area contributed by atoms with Gasteiger partial charge in [-0.25, -0.2) is 4.68 Å². The van der Waals surface area contributed by atoms with Crippen LogP contribution in [0.5, 0.6) is 0 Å². The average molecular weight is 733 g/mol. The predicted octanol–water partition coefficient (Wildman–Crippen LogP) is 7.92. The molecule has 1 saturated heterocycles. The summed E-state index contributed by atoms with van der Waals surface area (Å²) in [5, 5.41) is 16.1. The third kappa shape index (κ3) is 5.48. The number of rotatable bonds is 8. The first kappa shape index (κ1) is 38.7. The molecular weight excluding hydrogens is 665 g/mol. The van der Waals surface area contributed by atoms with Gasteiger partial charge in [-0.05, 0) is 96.9 Å². The summed E-state index contributed by atoms with van der Waals surface area (Å²) in [4.78, 5) is 25.0. The van der Waals surface area contributed by atoms with E-state index in [0.29, 0.717) is 44.2 Å². The van der Waals surface area contributed by atoms with E-state index < -0.39 is 17.4 Å². The number of allylic oxidation sites excluding steroid dienone is 2. The first-order chi connectivity index (χ1) is 24.7. The normalized spacial score (nSPS) is 42.6. The zero-order valence-electron chi connectivity index (χ0n) is 34.5. The van der Waals surface area contributed by atoms with E-state index in [9.17, 15) is 9.90 Å². The van der Waals surface area contributed by atoms with Crippen LogP contribution in [-0.4, -0.2) is 70.2 Å². The molecule has 1 aromatic heterocycles. The van der Waals surface area contributed by atoms with Gasteiger partial charge in [0, 0.05) is 28.8 Å². The maximum absolute atomic E-state index is 13.6. The smallest absolute Gasteiger partial charge is 0.307 e. The number of ether oxygens (including phenoxy) is 2. The number of nitrogens with two attached hydrogens (primary N) is 1. The summed E-state index contributed by atoms with van der Waals surface area (Å²) in [6, 6.07) is -0.123. The maximum Gasteiger partial charge on any atom is 0.307 e. The van der Waals surface area contributed by atoms with Crippen LogP contribution in [-0.2, 0) is 14.3 Å². The van der Waals surface area contributed by atoms with Crippen molar-refractivity contribution < 1.29 is 19.4 Å². The van der Waals surface area contributed by atoms with Gasteiger partial charge in [-0.15, -0.1) is 0 Å². The minimum atomic E-state index is -0.625. The van der Waals surface area contributed by atoms with Crippen molar-refractivity contribution in [3.63, 3.8) is 0 Å². The van der Waals surface area contributed by atoms with Gasteiger partial charge in [0.2, 0.25) is 5.95 Å². The van der Waals surface area contributed by atoms with Crippen LogP contribution in [0.1, 0.15) is 121 Å². The Labute approximate surface area is 318 Å². The lowest BCUT2D eigenvalue weighted by atomic mass is 9.34. The highest BCUT2D eigenvalue weighted by molar-refractivity contribution is 5.74. The quantitative estimate of drug-likeness (QED) is 0.258. The van der Waals surface area contributed by atoms with E-state index >= 15 is 0 Å². The van der Waals surface area contributed by atoms with E-state index in [2.05, 4.69) is 96.8 Å². The van der Waals surface area contributed by atoms with Crippen molar-refractivity contribution in [3.8, 4) is 0 Å². The van der Waals surface area contributed by atoms with E-state index in [0.717, 1.165) is 44.5 Å². The molecule has 6 aliphatic rings. The van der Waals surface area contributed by atoms with Gasteiger partial charge < -0.3 is 20.3 Å². The van der Waals surface area contributed by atoms with E-state index in [1.807, 2.05) is 18.5 Å². The van der Waals surface area contributed by atoms with Crippen molar-refractivity contribution in [2.24, 2.45) is 72.8 Å². The molecule has 2 bridgehead atoms. The lowest BCUT2D eigenvalue weighted by Crippen LogP contribution is -2.69. The first-order valence-corrected chi connectivity index (χ1v) is 20.4. The Morgan fingerprint density at radius 1 is 1.09 bits per heavy atom. The van der Waals surface area contributed by atoms with Crippen LogP contribution in [0, 0.1) is 62.1 Å². The molecule has 4 fully saturated rings. The molecule has 4 aliphatic carbocycles. The fraction of sp³-hybridized carbons (Fsp3) is 0.814. The molecule has 10 nitrogen and oxygen atoms in total. The van der Waals surface area contributed by atoms with Gasteiger partial charge >= 0.3 is 5.97 Å². The van der Waals surface area contributed by atoms with Crippen LogP contribution in [0.2, 0.25) is 0 Å². The average Bonchev–Trinajstić information content (AvgIpc) is 3.57. The lowest BCUT2D eigenvalue weighted by Gasteiger charge is -2.71. The number of aliphatic imine (C=N–C) groups is 1. The van der Waals surface area contributed by atoms with Crippen molar-refractivity contribution in [3.05, 3.63) is 30.3 Å². The van der Waals surface area contributed by atoms with Crippen molar-refractivity contribution in [1.29, 1.82) is 0 Å². The summed E-state index contributed by atoms with van der Waals surface area (Å²) in [6.45, 7) is 27.1. The Morgan fingerprint density at radius 3 is 2.47 bits per heavy atom. The number of fused-ring (bicyclic) bond motifs is 3. The highest BCUT2D eigenvalue weighted by atomic mass is 16.5. The third-order valence-corrected chi connectivity index (χ3v) is 17.2. The maximum atomic E-state index is 13.6. The molecule has 10 heteroatoms. The Balaban J connectivity index is 1.34. The molecule has 3 saturated carbocycles. The molecule has 0 unspecified atom stereocenters. The van der Waals surface area contributed by atoms with Crippen LogP contribution in [0.3, 0.4) is 0 Å². The topological polar surface area (TPSA) is 128 Å². The van der Waals surface area contributed by atoms with Gasteiger partial charge in [-0.1, -0.05) is 80.9 Å². The van der Waals surface area contributed by atoms with Crippen molar-refractivity contribution in [2.75, 3.05) is 31.4 Å². The van der Waals surface area contributed by atoms with Gasteiger partial charge in [0.15, 0.2) is 0 Å². The van der Waals surface area contributed by atoms with Gasteiger partial charge in [0.25, 0.3) is 0 Å². The van der Waals surface area contributed by atoms with Gasteiger partial charge in [-0.2, -0.15) is 10.1 Å². The van der Waals surface area contributed by atoms with Gasteiger partial charge in [-0.3, -0.25) is 14.7 Å². The second-order valence-electron chi connectivity index (χ2n) is 20.8. The zero-order valence-corrected chi connectivity index (χ0v) is 34.5. The molecule has 3 N–H and O–H groups in total. The second kappa shape index (κ2) is 12.7. The standard InChI is InChI=1S/C43H68N6O4/c1-27(2)28(3)38(7)17-18-40(9)29-13-14-32-39(8)22-52-24-43(32,30(29)15-16-41(40,10)33(38)35(50)51)21-31(34(39)53-23-42(11,44)37(4,5)6)49-36(46-25-47-49)48-20-12-19-45-26-48/h12,15,19-20,25,27-29,31-34H,13-14,16-18,21-24,26,44H2,1-11H3,(H,50,51)/t28-,29+,31-,32+,33-,34+,38-,39-,40-,41+,42+,43+/m1/s1. The van der Waals surface area contributed by atoms with Crippen molar-refractivity contribution >= 4 is 18.1 Å². The van der Waals surface area contributed by atoms with Gasteiger partial charge in [0.05, 0.1) is 37.9 Å². The highest BCUT2D eigenvalue weighted by Crippen LogP contribution is 2.75. The van der Waals surface area contributed by atoms with Crippen LogP contribution in [0.25, 0.3) is 0 Å². The minimum Gasteiger partial charge on any atom is -0.481 e. The lowest BCUT2D eigenvalue weighted by molar-refractivity contribution is -0.253. The minimum absolute atomic E-state index is 0.123. The number of hydrogen-bond acceptors (Lipinski definition) is 8. The molecule has 2 aliphatic heterocycles. The molecule has 0 aromatic carbocycles. The largest absolute Gasteiger partial charge is 0.481 e. The fourth-order valence-electron chi connectivity index (χ4n) is 12.8. The summed E-state index contributed by atoms with van der Waals surface area (Å²) in [7, 11) is 0. The molecular formula is C43H68N6O4. The van der Waals surface area contributed by atoms with Crippen LogP contribution in [0.4, 0.5) is 5.95 Å². The molecule has 3 heterocycles. The Bertz CT molecular complexity index is 1680. The molecule has 53 heavy (non-hydrogen) atoms. The molecule has 1 aromatic rings. The Morgan fingerprint density at radius 2 is 1.83 bits per heavy atom. The number of carbonyl (C=O) groups is 1. The SMILES string of the molecule is CC(C)[C@@H](C)[C@@]1(C)CC[C@]2(C)[C@H]3CC[C@@H]4[C@@]5(COC[C@@]4(C)[C@@H](OC[C@](C)(N)C(C)(C)C)[C@H](n4ncnc4N4C=CC=NC4)C5)C3=CC[C@@]2(C)[C@@H]1C(=O)O. The predicted molar refractivity (Wildman–Crippen MR) is 209 cm³/mol. The third-order valence-electron chi connectivity index (χ3n) is 17.2. The number of hydrogen-bond donors (Lipinski definition) is 2. The number of carboxylic acids is 1. The molecule has 294 valence electrons. The number of nitrogens with zero attached hydrogens (tertiary/aromatic N) is 5. The monoisotopic (exact) mass is 733 g/mol. The number of carboxylic acid groups (broad SMARTS) is 1. The van der Waals surface area contributed by atoms with Crippen LogP contribution >= 0.6 is 0 Å². The summed E-state index contributed by atoms with van der Waals surface area (Å²) in [6.07, 6.45) is 15.4. The Kier molecular flexibility index (Phi) is 9.30. The Hall–Kier alpha value is -2.56. The zero-order chi connectivity index (χ0) is 38.6. The van der Waals surface area contributed by atoms with Crippen LogP contribution in [0.15, 0.2) is 35.2 Å². The summed E-state index contributed by atoms with van der Waals surface area (Å²) in [5.41, 5.74) is 6.45. The van der Waals surface area contributed by atoms with E-state index in [4.69, 9.17) is 25.3 Å². The first-order valence-electron chi connectivity index (χ1n) is 20.4. The van der Waals surface area contributed by atoms with E-state index in [1.54, 1.807) is 6.33 Å². The van der Waals surface area contributed by atoms with Crippen molar-refractivity contribution in [2.45, 2.75) is 132 Å². The fourth-order valence-corrected chi connectivity index (χ4v) is 12.8. The molecule has 0 amide bonds. The molecule has 0 spiro atoms.